The lowest BCUT2D eigenvalue weighted by molar-refractivity contribution is 1.01. The maximum Gasteiger partial charge on any atom is 0.174 e. The Morgan fingerprint density at radius 3 is 3.20 bits per heavy atom. The fourth-order valence-corrected chi connectivity index (χ4v) is 2.62. The molecule has 6 heteroatoms. The predicted molar refractivity (Wildman–Crippen MR) is 63.3 cm³/mol. The monoisotopic (exact) mass is 238 g/mol. The number of hydrogen-bond donors (Lipinski definition) is 1. The summed E-state index contributed by atoms with van der Waals surface area (Å²) in [5.74, 6) is 1.79. The molecule has 2 aromatic heterocycles. The van der Waals surface area contributed by atoms with Crippen LogP contribution < -0.4 is 5.32 Å². The third kappa shape index (κ3) is 2.66. The molecule has 2 heterocycles. The number of aromatic nitrogens is 3. The maximum atomic E-state index is 4.24. The standard InChI is InChI=1S/C9H10N4S2/c1-10-8-7(3-2-4-11-8)5-14-9-13-12-6-15-9/h2-4,6H,5H2,1H3,(H,10,11). The van der Waals surface area contributed by atoms with Gasteiger partial charge in [-0.05, 0) is 6.07 Å². The fraction of sp³-hybridized carbons (Fsp3) is 0.222. The van der Waals surface area contributed by atoms with Crippen molar-refractivity contribution < 1.29 is 0 Å². The van der Waals surface area contributed by atoms with Gasteiger partial charge < -0.3 is 5.32 Å². The van der Waals surface area contributed by atoms with E-state index in [-0.39, 0.29) is 0 Å². The lowest BCUT2D eigenvalue weighted by atomic mass is 10.3. The first-order chi connectivity index (χ1) is 7.40. The van der Waals surface area contributed by atoms with E-state index < -0.39 is 0 Å². The topological polar surface area (TPSA) is 50.7 Å². The van der Waals surface area contributed by atoms with Crippen molar-refractivity contribution in [2.75, 3.05) is 12.4 Å². The minimum absolute atomic E-state index is 0.860. The van der Waals surface area contributed by atoms with Crippen LogP contribution in [0.15, 0.2) is 28.2 Å². The van der Waals surface area contributed by atoms with Crippen LogP contribution in [0, 0.1) is 0 Å². The van der Waals surface area contributed by atoms with Crippen LogP contribution in [-0.4, -0.2) is 22.2 Å². The van der Waals surface area contributed by atoms with Crippen LogP contribution in [-0.2, 0) is 5.75 Å². The molecule has 0 saturated heterocycles. The molecule has 0 amide bonds. The van der Waals surface area contributed by atoms with E-state index in [4.69, 9.17) is 0 Å². The number of hydrogen-bond acceptors (Lipinski definition) is 6. The highest BCUT2D eigenvalue weighted by Gasteiger charge is 2.03. The largest absolute Gasteiger partial charge is 0.373 e. The number of nitrogens with one attached hydrogen (secondary N) is 1. The van der Waals surface area contributed by atoms with Gasteiger partial charge in [0.15, 0.2) is 4.34 Å². The lowest BCUT2D eigenvalue weighted by Gasteiger charge is -2.05. The smallest absolute Gasteiger partial charge is 0.174 e. The zero-order valence-electron chi connectivity index (χ0n) is 8.17. The van der Waals surface area contributed by atoms with Crippen molar-refractivity contribution in [2.45, 2.75) is 10.1 Å². The summed E-state index contributed by atoms with van der Waals surface area (Å²) in [5, 5.41) is 10.8. The Hall–Kier alpha value is -1.14. The highest BCUT2D eigenvalue weighted by atomic mass is 32.2. The van der Waals surface area contributed by atoms with Crippen molar-refractivity contribution in [3.05, 3.63) is 29.4 Å². The van der Waals surface area contributed by atoms with Gasteiger partial charge in [0.05, 0.1) is 0 Å². The summed E-state index contributed by atoms with van der Waals surface area (Å²) >= 11 is 3.23. The number of nitrogens with zero attached hydrogens (tertiary/aromatic N) is 3. The van der Waals surface area contributed by atoms with Gasteiger partial charge in [-0.15, -0.1) is 10.2 Å². The van der Waals surface area contributed by atoms with E-state index in [1.807, 2.05) is 13.1 Å². The highest BCUT2D eigenvalue weighted by molar-refractivity contribution is 8.00. The first-order valence-corrected chi connectivity index (χ1v) is 6.27. The third-order valence-corrected chi connectivity index (χ3v) is 3.73. The molecule has 0 saturated carbocycles. The van der Waals surface area contributed by atoms with E-state index in [0.29, 0.717) is 0 Å². The lowest BCUT2D eigenvalue weighted by Crippen LogP contribution is -1.96. The molecule has 0 fully saturated rings. The van der Waals surface area contributed by atoms with Crippen LogP contribution in [0.5, 0.6) is 0 Å². The van der Waals surface area contributed by atoms with Gasteiger partial charge in [0.25, 0.3) is 0 Å². The van der Waals surface area contributed by atoms with Gasteiger partial charge in [-0.3, -0.25) is 0 Å². The second kappa shape index (κ2) is 5.09. The summed E-state index contributed by atoms with van der Waals surface area (Å²) < 4.78 is 0.987. The van der Waals surface area contributed by atoms with Crippen molar-refractivity contribution in [2.24, 2.45) is 0 Å². The molecule has 0 bridgehead atoms. The van der Waals surface area contributed by atoms with Crippen molar-refractivity contribution in [3.63, 3.8) is 0 Å². The summed E-state index contributed by atoms with van der Waals surface area (Å²) in [5.41, 5.74) is 2.92. The molecule has 2 aromatic rings. The molecule has 0 aliphatic carbocycles. The van der Waals surface area contributed by atoms with Gasteiger partial charge >= 0.3 is 0 Å². The van der Waals surface area contributed by atoms with E-state index in [2.05, 4.69) is 26.6 Å². The Bertz CT molecular complexity index is 416. The number of anilines is 1. The number of thioether (sulfide) groups is 1. The van der Waals surface area contributed by atoms with Crippen LogP contribution in [0.1, 0.15) is 5.56 Å². The molecular weight excluding hydrogens is 228 g/mol. The van der Waals surface area contributed by atoms with Crippen LogP contribution >= 0.6 is 23.1 Å². The number of pyridine rings is 1. The van der Waals surface area contributed by atoms with Crippen LogP contribution in [0.3, 0.4) is 0 Å². The van der Waals surface area contributed by atoms with Crippen molar-refractivity contribution in [3.8, 4) is 0 Å². The van der Waals surface area contributed by atoms with Gasteiger partial charge in [-0.25, -0.2) is 4.98 Å². The molecule has 4 nitrogen and oxygen atoms in total. The summed E-state index contributed by atoms with van der Waals surface area (Å²) in [6, 6.07) is 4.00. The Morgan fingerprint density at radius 1 is 1.53 bits per heavy atom. The van der Waals surface area contributed by atoms with Gasteiger partial charge in [-0.2, -0.15) is 0 Å². The van der Waals surface area contributed by atoms with Gasteiger partial charge in [0.2, 0.25) is 0 Å². The summed E-state index contributed by atoms with van der Waals surface area (Å²) in [6.45, 7) is 0. The second-order valence-electron chi connectivity index (χ2n) is 2.75. The SMILES string of the molecule is CNc1ncccc1CSc1nncs1. The molecular formula is C9H10N4S2. The summed E-state index contributed by atoms with van der Waals surface area (Å²) in [6.07, 6.45) is 1.78. The molecule has 0 aliphatic heterocycles. The third-order valence-electron chi connectivity index (χ3n) is 1.82. The van der Waals surface area contributed by atoms with Crippen molar-refractivity contribution in [1.29, 1.82) is 0 Å². The first-order valence-electron chi connectivity index (χ1n) is 4.41. The summed E-state index contributed by atoms with van der Waals surface area (Å²) in [4.78, 5) is 4.24. The Kier molecular flexibility index (Phi) is 3.52. The van der Waals surface area contributed by atoms with Crippen LogP contribution in [0.25, 0.3) is 0 Å². The van der Waals surface area contributed by atoms with Crippen LogP contribution in [0.2, 0.25) is 0 Å². The number of rotatable bonds is 4. The Balaban J connectivity index is 2.04. The molecule has 15 heavy (non-hydrogen) atoms. The van der Waals surface area contributed by atoms with E-state index in [1.165, 1.54) is 5.56 Å². The van der Waals surface area contributed by atoms with Crippen LogP contribution in [0.4, 0.5) is 5.82 Å². The quantitative estimate of drug-likeness (QED) is 0.828. The molecule has 0 aromatic carbocycles. The molecule has 0 atom stereocenters. The first kappa shape index (κ1) is 10.4. The average Bonchev–Trinajstić information content (AvgIpc) is 2.79. The molecule has 0 unspecified atom stereocenters. The predicted octanol–water partition coefficient (Wildman–Crippen LogP) is 2.27. The van der Waals surface area contributed by atoms with Crippen molar-refractivity contribution in [1.82, 2.24) is 15.2 Å². The molecule has 0 radical (unpaired) electrons. The van der Waals surface area contributed by atoms with E-state index >= 15 is 0 Å². The second-order valence-corrected chi connectivity index (χ2v) is 4.81. The molecule has 0 spiro atoms. The minimum Gasteiger partial charge on any atom is -0.373 e. The normalized spacial score (nSPS) is 10.2. The van der Waals surface area contributed by atoms with Gasteiger partial charge in [-0.1, -0.05) is 29.2 Å². The van der Waals surface area contributed by atoms with Gasteiger partial charge in [0.1, 0.15) is 11.3 Å². The zero-order valence-corrected chi connectivity index (χ0v) is 9.81. The molecule has 2 rings (SSSR count). The minimum atomic E-state index is 0.860. The van der Waals surface area contributed by atoms with Gasteiger partial charge in [0, 0.05) is 24.6 Å². The van der Waals surface area contributed by atoms with E-state index in [9.17, 15) is 0 Å². The average molecular weight is 238 g/mol. The molecule has 0 aliphatic rings. The Labute approximate surface area is 96.2 Å². The highest BCUT2D eigenvalue weighted by Crippen LogP contribution is 2.25. The van der Waals surface area contributed by atoms with E-state index in [1.54, 1.807) is 34.8 Å². The maximum absolute atomic E-state index is 4.24. The fourth-order valence-electron chi connectivity index (χ4n) is 1.15. The summed E-state index contributed by atoms with van der Waals surface area (Å²) in [7, 11) is 1.88. The van der Waals surface area contributed by atoms with E-state index in [0.717, 1.165) is 15.9 Å². The molecule has 1 N–H and O–H groups in total. The van der Waals surface area contributed by atoms with Crippen molar-refractivity contribution >= 4 is 28.9 Å². The zero-order chi connectivity index (χ0) is 10.5. The Morgan fingerprint density at radius 2 is 2.47 bits per heavy atom. The molecule has 78 valence electrons.